The quantitative estimate of drug-likeness (QED) is 0.519. The van der Waals surface area contributed by atoms with Crippen LogP contribution in [0.25, 0.3) is 0 Å². The molecule has 0 aliphatic heterocycles. The summed E-state index contributed by atoms with van der Waals surface area (Å²) in [6.45, 7) is 0. The van der Waals surface area contributed by atoms with Crippen LogP contribution < -0.4 is 5.09 Å². The molecule has 0 saturated heterocycles. The number of aromatic hydroxyl groups is 1. The molecule has 22 heavy (non-hydrogen) atoms. The average Bonchev–Trinajstić information content (AvgIpc) is 2.37. The van der Waals surface area contributed by atoms with E-state index in [0.717, 1.165) is 17.7 Å². The second-order valence-corrected chi connectivity index (χ2v) is 6.30. The third kappa shape index (κ3) is 4.46. The number of aliphatic hydroxyl groups is 1. The molecule has 8 heteroatoms. The van der Waals surface area contributed by atoms with Gasteiger partial charge >= 0.3 is 7.75 Å². The Hall–Kier alpha value is -2.08. The number of hydrogen-bond donors (Lipinski definition) is 5. The van der Waals surface area contributed by atoms with Gasteiger partial charge in [-0.25, -0.2) is 4.57 Å². The first-order chi connectivity index (χ1) is 10.2. The third-order valence-corrected chi connectivity index (χ3v) is 3.79. The maximum Gasteiger partial charge on any atom is 0.427 e. The number of allylic oxidation sites excluding steroid dienone is 3. The van der Waals surface area contributed by atoms with E-state index in [0.29, 0.717) is 12.8 Å². The smallest absolute Gasteiger partial charge is 0.427 e. The van der Waals surface area contributed by atoms with Crippen molar-refractivity contribution in [1.29, 1.82) is 0 Å². The second kappa shape index (κ2) is 6.36. The van der Waals surface area contributed by atoms with E-state index in [1.165, 1.54) is 12.1 Å². The van der Waals surface area contributed by atoms with Crippen molar-refractivity contribution in [3.05, 3.63) is 53.4 Å². The molecule has 1 unspecified atom stereocenters. The van der Waals surface area contributed by atoms with Crippen molar-refractivity contribution >= 4 is 13.5 Å². The Morgan fingerprint density at radius 2 is 1.73 bits per heavy atom. The van der Waals surface area contributed by atoms with Crippen LogP contribution in [-0.2, 0) is 15.8 Å². The molecule has 1 aliphatic carbocycles. The van der Waals surface area contributed by atoms with Crippen molar-refractivity contribution in [2.24, 2.45) is 5.92 Å². The molecule has 1 aromatic carbocycles. The monoisotopic (exact) mass is 325 g/mol. The molecule has 0 fully saturated rings. The molecule has 118 valence electrons. The zero-order valence-electron chi connectivity index (χ0n) is 11.5. The molecule has 1 aromatic rings. The minimum absolute atomic E-state index is 0.00267. The topological polar surface area (TPSA) is 127 Å². The molecule has 1 atom stereocenters. The molecule has 7 nitrogen and oxygen atoms in total. The summed E-state index contributed by atoms with van der Waals surface area (Å²) in [6, 6.07) is 6.45. The van der Waals surface area contributed by atoms with Gasteiger partial charge in [-0.05, 0) is 30.5 Å². The summed E-state index contributed by atoms with van der Waals surface area (Å²) in [5.41, 5.74) is 0.872. The Morgan fingerprint density at radius 1 is 1.09 bits per heavy atom. The van der Waals surface area contributed by atoms with Crippen LogP contribution in [0.15, 0.2) is 47.9 Å². The number of nitrogens with one attached hydrogen (secondary N) is 1. The van der Waals surface area contributed by atoms with Crippen LogP contribution in [0.4, 0.5) is 0 Å². The Balaban J connectivity index is 2.12. The number of phenolic OH excluding ortho intramolecular Hbond substituents is 1. The van der Waals surface area contributed by atoms with E-state index in [9.17, 15) is 19.6 Å². The van der Waals surface area contributed by atoms with Gasteiger partial charge in [0.2, 0.25) is 0 Å². The lowest BCUT2D eigenvalue weighted by Gasteiger charge is -2.23. The lowest BCUT2D eigenvalue weighted by molar-refractivity contribution is -0.117. The minimum atomic E-state index is -4.57. The molecular weight excluding hydrogens is 309 g/mol. The third-order valence-electron chi connectivity index (χ3n) is 3.25. The van der Waals surface area contributed by atoms with Gasteiger partial charge in [-0.3, -0.25) is 9.88 Å². The summed E-state index contributed by atoms with van der Waals surface area (Å²) in [6.07, 6.45) is 2.96. The van der Waals surface area contributed by atoms with Gasteiger partial charge in [-0.1, -0.05) is 12.1 Å². The van der Waals surface area contributed by atoms with E-state index in [-0.39, 0.29) is 17.2 Å². The van der Waals surface area contributed by atoms with Crippen LogP contribution in [0.5, 0.6) is 5.75 Å². The number of carbonyl (C=O) groups is 1. The van der Waals surface area contributed by atoms with Crippen LogP contribution in [0.2, 0.25) is 0 Å². The fraction of sp³-hybridized carbons (Fsp3) is 0.214. The SMILES string of the molecule is O=C1C=C(O)C=C(NP(=O)(O)O)C1CCc1ccc(O)cc1. The Morgan fingerprint density at radius 3 is 2.32 bits per heavy atom. The predicted molar refractivity (Wildman–Crippen MR) is 78.9 cm³/mol. The average molecular weight is 325 g/mol. The predicted octanol–water partition coefficient (Wildman–Crippen LogP) is 1.53. The molecule has 0 aromatic heterocycles. The number of carbonyl (C=O) groups excluding carboxylic acids is 1. The second-order valence-electron chi connectivity index (χ2n) is 4.98. The number of rotatable bonds is 5. The van der Waals surface area contributed by atoms with Crippen molar-refractivity contribution < 1.29 is 29.4 Å². The number of phenols is 1. The largest absolute Gasteiger partial charge is 0.508 e. The van der Waals surface area contributed by atoms with Crippen molar-refractivity contribution in [2.75, 3.05) is 0 Å². The van der Waals surface area contributed by atoms with E-state index in [1.54, 1.807) is 12.1 Å². The number of aryl methyl sites for hydroxylation is 1. The van der Waals surface area contributed by atoms with E-state index in [1.807, 2.05) is 5.09 Å². The maximum atomic E-state index is 12.0. The molecule has 5 N–H and O–H groups in total. The lowest BCUT2D eigenvalue weighted by atomic mass is 9.89. The highest BCUT2D eigenvalue weighted by Gasteiger charge is 2.29. The Kier molecular flexibility index (Phi) is 4.71. The van der Waals surface area contributed by atoms with Crippen molar-refractivity contribution in [3.63, 3.8) is 0 Å². The maximum absolute atomic E-state index is 12.0. The standard InChI is InChI=1S/C14H16NO6P/c16-10-4-1-9(2-5-10)3-6-12-13(15-22(19,20)21)7-11(17)8-14(12)18/h1-2,4-5,7-8,12,16-17H,3,6H2,(H3,15,19,20,21). The van der Waals surface area contributed by atoms with Gasteiger partial charge in [-0.2, -0.15) is 0 Å². The zero-order chi connectivity index (χ0) is 16.3. The molecule has 1 aliphatic rings. The van der Waals surface area contributed by atoms with Crippen LogP contribution in [0, 0.1) is 5.92 Å². The first kappa shape index (κ1) is 16.3. The van der Waals surface area contributed by atoms with Crippen LogP contribution >= 0.6 is 7.75 Å². The van der Waals surface area contributed by atoms with Gasteiger partial charge in [0.25, 0.3) is 0 Å². The van der Waals surface area contributed by atoms with Gasteiger partial charge in [0, 0.05) is 17.8 Å². The summed E-state index contributed by atoms with van der Waals surface area (Å²) in [7, 11) is -4.57. The van der Waals surface area contributed by atoms with Crippen molar-refractivity contribution in [2.45, 2.75) is 12.8 Å². The van der Waals surface area contributed by atoms with Gasteiger partial charge in [0.15, 0.2) is 5.78 Å². The summed E-state index contributed by atoms with van der Waals surface area (Å²) in [4.78, 5) is 30.0. The Bertz CT molecular complexity index is 673. The van der Waals surface area contributed by atoms with Crippen LogP contribution in [-0.4, -0.2) is 25.8 Å². The molecule has 0 radical (unpaired) electrons. The summed E-state index contributed by atoms with van der Waals surface area (Å²) in [5.74, 6) is -1.40. The minimum Gasteiger partial charge on any atom is -0.508 e. The van der Waals surface area contributed by atoms with E-state index >= 15 is 0 Å². The molecule has 0 bridgehead atoms. The van der Waals surface area contributed by atoms with Crippen molar-refractivity contribution in [3.8, 4) is 5.75 Å². The fourth-order valence-corrected chi connectivity index (χ4v) is 2.81. The molecular formula is C14H16NO6P. The number of benzene rings is 1. The van der Waals surface area contributed by atoms with E-state index in [2.05, 4.69) is 0 Å². The normalized spacial score (nSPS) is 18.6. The number of aliphatic hydroxyl groups excluding tert-OH is 1. The highest BCUT2D eigenvalue weighted by atomic mass is 31.2. The molecule has 0 spiro atoms. The van der Waals surface area contributed by atoms with Crippen molar-refractivity contribution in [1.82, 2.24) is 5.09 Å². The highest BCUT2D eigenvalue weighted by Crippen LogP contribution is 2.35. The zero-order valence-corrected chi connectivity index (χ0v) is 12.4. The molecule has 0 saturated carbocycles. The summed E-state index contributed by atoms with van der Waals surface area (Å²) < 4.78 is 11.1. The number of ketones is 1. The summed E-state index contributed by atoms with van der Waals surface area (Å²) in [5, 5.41) is 20.6. The Labute approximate surface area is 126 Å². The first-order valence-corrected chi connectivity index (χ1v) is 8.14. The van der Waals surface area contributed by atoms with Gasteiger partial charge in [0.05, 0.1) is 5.92 Å². The molecule has 2 rings (SSSR count). The van der Waals surface area contributed by atoms with Gasteiger partial charge in [0.1, 0.15) is 11.5 Å². The van der Waals surface area contributed by atoms with Gasteiger partial charge in [-0.15, -0.1) is 0 Å². The first-order valence-electron chi connectivity index (χ1n) is 6.52. The number of hydrogen-bond acceptors (Lipinski definition) is 4. The fourth-order valence-electron chi connectivity index (χ4n) is 2.25. The molecule has 0 amide bonds. The van der Waals surface area contributed by atoms with Gasteiger partial charge < -0.3 is 20.0 Å². The lowest BCUT2D eigenvalue weighted by Crippen LogP contribution is -2.27. The molecule has 0 heterocycles. The van der Waals surface area contributed by atoms with E-state index in [4.69, 9.17) is 9.79 Å². The van der Waals surface area contributed by atoms with Crippen LogP contribution in [0.1, 0.15) is 12.0 Å². The van der Waals surface area contributed by atoms with Crippen LogP contribution in [0.3, 0.4) is 0 Å². The van der Waals surface area contributed by atoms with E-state index < -0.39 is 19.4 Å². The highest BCUT2D eigenvalue weighted by molar-refractivity contribution is 7.49. The summed E-state index contributed by atoms with van der Waals surface area (Å²) >= 11 is 0.